The van der Waals surface area contributed by atoms with E-state index in [2.05, 4.69) is 0 Å². The molecule has 1 aromatic carbocycles. The van der Waals surface area contributed by atoms with Crippen LogP contribution in [0, 0.1) is 0 Å². The van der Waals surface area contributed by atoms with Gasteiger partial charge in [-0.3, -0.25) is 9.59 Å². The van der Waals surface area contributed by atoms with Crippen molar-refractivity contribution in [3.05, 3.63) is 29.8 Å². The van der Waals surface area contributed by atoms with Crippen LogP contribution in [0.4, 0.5) is 0 Å². The lowest BCUT2D eigenvalue weighted by molar-refractivity contribution is -0.128. The second-order valence-corrected chi connectivity index (χ2v) is 4.32. The third kappa shape index (κ3) is 4.57. The van der Waals surface area contributed by atoms with Crippen LogP contribution in [0.2, 0.25) is 0 Å². The molecular weight excluding hydrogens is 230 g/mol. The van der Waals surface area contributed by atoms with E-state index in [9.17, 15) is 9.59 Å². The lowest BCUT2D eigenvalue weighted by atomic mass is 10.1. The normalized spacial score (nSPS) is 9.94. The minimum absolute atomic E-state index is 0.0399. The minimum Gasteiger partial charge on any atom is -0.494 e. The first kappa shape index (κ1) is 14.2. The van der Waals surface area contributed by atoms with Crippen LogP contribution in [0.3, 0.4) is 0 Å². The topological polar surface area (TPSA) is 46.6 Å². The molecule has 0 radical (unpaired) electrons. The Morgan fingerprint density at radius 1 is 1.17 bits per heavy atom. The Morgan fingerprint density at radius 2 is 1.78 bits per heavy atom. The highest BCUT2D eigenvalue weighted by Gasteiger charge is 2.03. The van der Waals surface area contributed by atoms with E-state index in [0.717, 1.165) is 5.75 Å². The molecule has 0 bridgehead atoms. The summed E-state index contributed by atoms with van der Waals surface area (Å²) >= 11 is 0. The predicted molar refractivity (Wildman–Crippen MR) is 69.9 cm³/mol. The molecule has 0 saturated carbocycles. The fourth-order valence-electron chi connectivity index (χ4n) is 1.42. The second kappa shape index (κ2) is 6.79. The van der Waals surface area contributed by atoms with Gasteiger partial charge in [0.2, 0.25) is 5.91 Å². The van der Waals surface area contributed by atoms with Crippen molar-refractivity contribution in [1.82, 2.24) is 4.90 Å². The van der Waals surface area contributed by atoms with E-state index in [0.29, 0.717) is 25.0 Å². The number of rotatable bonds is 6. The van der Waals surface area contributed by atoms with E-state index in [4.69, 9.17) is 4.74 Å². The van der Waals surface area contributed by atoms with Gasteiger partial charge in [0.05, 0.1) is 6.61 Å². The first-order valence-corrected chi connectivity index (χ1v) is 5.94. The van der Waals surface area contributed by atoms with Crippen molar-refractivity contribution >= 4 is 11.7 Å². The summed E-state index contributed by atoms with van der Waals surface area (Å²) in [6, 6.07) is 7.01. The summed E-state index contributed by atoms with van der Waals surface area (Å²) in [5, 5.41) is 0. The Hall–Kier alpha value is -1.84. The summed E-state index contributed by atoms with van der Waals surface area (Å²) in [7, 11) is 3.48. The highest BCUT2D eigenvalue weighted by molar-refractivity contribution is 5.94. The fourth-order valence-corrected chi connectivity index (χ4v) is 1.42. The zero-order valence-electron chi connectivity index (χ0n) is 11.1. The van der Waals surface area contributed by atoms with Crippen molar-refractivity contribution < 1.29 is 14.3 Å². The van der Waals surface area contributed by atoms with Gasteiger partial charge in [-0.15, -0.1) is 0 Å². The molecule has 0 fully saturated rings. The Kier molecular flexibility index (Phi) is 5.36. The highest BCUT2D eigenvalue weighted by atomic mass is 16.5. The number of benzene rings is 1. The maximum atomic E-state index is 11.3. The molecule has 4 nitrogen and oxygen atoms in total. The van der Waals surface area contributed by atoms with Crippen molar-refractivity contribution in [3.63, 3.8) is 0 Å². The van der Waals surface area contributed by atoms with Crippen LogP contribution >= 0.6 is 0 Å². The number of amides is 1. The molecule has 0 heterocycles. The van der Waals surface area contributed by atoms with Crippen LogP contribution in [-0.2, 0) is 4.79 Å². The van der Waals surface area contributed by atoms with E-state index in [-0.39, 0.29) is 11.7 Å². The third-order valence-electron chi connectivity index (χ3n) is 2.56. The Balaban J connectivity index is 2.31. The number of hydrogen-bond donors (Lipinski definition) is 0. The van der Waals surface area contributed by atoms with Crippen molar-refractivity contribution in [1.29, 1.82) is 0 Å². The lowest BCUT2D eigenvalue weighted by Crippen LogP contribution is -2.21. The van der Waals surface area contributed by atoms with Gasteiger partial charge in [-0.1, -0.05) is 0 Å². The molecule has 18 heavy (non-hydrogen) atoms. The van der Waals surface area contributed by atoms with Gasteiger partial charge in [0, 0.05) is 26.1 Å². The van der Waals surface area contributed by atoms with Crippen LogP contribution in [0.5, 0.6) is 5.75 Å². The van der Waals surface area contributed by atoms with Crippen LogP contribution in [0.15, 0.2) is 24.3 Å². The number of ether oxygens (including phenoxy) is 1. The van der Waals surface area contributed by atoms with Gasteiger partial charge >= 0.3 is 0 Å². The average Bonchev–Trinajstić information content (AvgIpc) is 2.34. The van der Waals surface area contributed by atoms with Gasteiger partial charge < -0.3 is 9.64 Å². The number of carbonyl (C=O) groups is 2. The van der Waals surface area contributed by atoms with Crippen molar-refractivity contribution in [3.8, 4) is 5.75 Å². The van der Waals surface area contributed by atoms with E-state index in [1.165, 1.54) is 6.92 Å². The molecule has 1 aromatic rings. The summed E-state index contributed by atoms with van der Waals surface area (Å²) in [4.78, 5) is 24.0. The van der Waals surface area contributed by atoms with Gasteiger partial charge in [-0.25, -0.2) is 0 Å². The second-order valence-electron chi connectivity index (χ2n) is 4.32. The molecule has 0 aliphatic rings. The largest absolute Gasteiger partial charge is 0.494 e. The number of ketones is 1. The Morgan fingerprint density at radius 3 is 2.28 bits per heavy atom. The number of hydrogen-bond acceptors (Lipinski definition) is 3. The number of Topliss-reactive ketones (excluding diaryl/α,β-unsaturated/α-hetero) is 1. The van der Waals surface area contributed by atoms with E-state index in [1.807, 2.05) is 0 Å². The van der Waals surface area contributed by atoms with Crippen molar-refractivity contribution in [2.75, 3.05) is 20.7 Å². The zero-order valence-corrected chi connectivity index (χ0v) is 11.1. The molecule has 1 rings (SSSR count). The predicted octanol–water partition coefficient (Wildman–Crippen LogP) is 2.14. The van der Waals surface area contributed by atoms with Gasteiger partial charge in [0.1, 0.15) is 5.75 Å². The van der Waals surface area contributed by atoms with E-state index in [1.54, 1.807) is 43.3 Å². The molecule has 0 N–H and O–H groups in total. The summed E-state index contributed by atoms with van der Waals surface area (Å²) in [5.41, 5.74) is 0.671. The molecule has 0 unspecified atom stereocenters. The molecule has 0 saturated heterocycles. The van der Waals surface area contributed by atoms with Gasteiger partial charge in [0.25, 0.3) is 0 Å². The molecule has 0 atom stereocenters. The highest BCUT2D eigenvalue weighted by Crippen LogP contribution is 2.13. The standard InChI is InChI=1S/C14H19NO3/c1-11(16)12-6-8-13(9-7-12)18-10-4-5-14(17)15(2)3/h6-9H,4-5,10H2,1-3H3. The molecule has 0 aromatic heterocycles. The van der Waals surface area contributed by atoms with Crippen molar-refractivity contribution in [2.45, 2.75) is 19.8 Å². The molecule has 0 aliphatic heterocycles. The van der Waals surface area contributed by atoms with Gasteiger partial charge in [-0.2, -0.15) is 0 Å². The van der Waals surface area contributed by atoms with Gasteiger partial charge in [0.15, 0.2) is 5.78 Å². The fraction of sp³-hybridized carbons (Fsp3) is 0.429. The molecule has 0 aliphatic carbocycles. The lowest BCUT2D eigenvalue weighted by Gasteiger charge is -2.10. The van der Waals surface area contributed by atoms with Crippen LogP contribution in [-0.4, -0.2) is 37.3 Å². The molecule has 98 valence electrons. The quantitative estimate of drug-likeness (QED) is 0.573. The smallest absolute Gasteiger partial charge is 0.222 e. The van der Waals surface area contributed by atoms with Crippen molar-refractivity contribution in [2.24, 2.45) is 0 Å². The number of carbonyl (C=O) groups excluding carboxylic acids is 2. The third-order valence-corrected chi connectivity index (χ3v) is 2.56. The molecule has 4 heteroatoms. The van der Waals surface area contributed by atoms with Crippen LogP contribution in [0.25, 0.3) is 0 Å². The minimum atomic E-state index is 0.0399. The average molecular weight is 249 g/mol. The maximum Gasteiger partial charge on any atom is 0.222 e. The molecule has 0 spiro atoms. The van der Waals surface area contributed by atoms with Crippen LogP contribution in [0.1, 0.15) is 30.1 Å². The van der Waals surface area contributed by atoms with Crippen LogP contribution < -0.4 is 4.74 Å². The Bertz CT molecular complexity index is 410. The summed E-state index contributed by atoms with van der Waals surface area (Å²) in [5.74, 6) is 0.862. The van der Waals surface area contributed by atoms with E-state index >= 15 is 0 Å². The van der Waals surface area contributed by atoms with Gasteiger partial charge in [-0.05, 0) is 37.6 Å². The SMILES string of the molecule is CC(=O)c1ccc(OCCCC(=O)N(C)C)cc1. The molecular formula is C14H19NO3. The monoisotopic (exact) mass is 249 g/mol. The zero-order chi connectivity index (χ0) is 13.5. The first-order valence-electron chi connectivity index (χ1n) is 5.94. The first-order chi connectivity index (χ1) is 8.50. The van der Waals surface area contributed by atoms with E-state index < -0.39 is 0 Å². The maximum absolute atomic E-state index is 11.3. The summed E-state index contributed by atoms with van der Waals surface area (Å²) in [6.07, 6.45) is 1.17. The molecule has 1 amide bonds. The summed E-state index contributed by atoms with van der Waals surface area (Å²) < 4.78 is 5.49. The number of nitrogens with zero attached hydrogens (tertiary/aromatic N) is 1. The Labute approximate surface area is 108 Å². The summed E-state index contributed by atoms with van der Waals surface area (Å²) in [6.45, 7) is 2.03.